The number of imidazole rings is 2. The van der Waals surface area contributed by atoms with E-state index in [1.54, 1.807) is 34.2 Å². The molecule has 2 aliphatic rings. The van der Waals surface area contributed by atoms with Crippen molar-refractivity contribution in [3.63, 3.8) is 0 Å². The third-order valence-electron chi connectivity index (χ3n) is 10.2. The molecule has 14 nitrogen and oxygen atoms in total. The van der Waals surface area contributed by atoms with E-state index in [4.69, 9.17) is 14.5 Å². The molecule has 1 fully saturated rings. The number of thioether (sulfide) groups is 1. The van der Waals surface area contributed by atoms with E-state index in [2.05, 4.69) is 62.5 Å². The lowest BCUT2D eigenvalue weighted by Crippen LogP contribution is -2.51. The van der Waals surface area contributed by atoms with Crippen molar-refractivity contribution in [2.45, 2.75) is 75.4 Å². The zero-order valence-electron chi connectivity index (χ0n) is 33.0. The van der Waals surface area contributed by atoms with Crippen LogP contribution in [0.15, 0.2) is 66.4 Å². The number of likely N-dealkylation sites (tertiary alicyclic amines) is 1. The normalized spacial score (nSPS) is 17.5. The minimum atomic E-state index is -0.726. The third-order valence-corrected chi connectivity index (χ3v) is 12.6. The SMILES string of the molecule is C=Cc1sc(-c2cnc([C@@H]3CCCN3C(=O)[C@@H](NC(=O)OC)C(C)C)[nH]2)cc1SCc1ccc(-c2cnc([C@@H]3C=CCN3C(=O)C(NC(=O)OC)C(C)C)[nH]2)cc1. The Bertz CT molecular complexity index is 2100. The van der Waals surface area contributed by atoms with Gasteiger partial charge in [0.1, 0.15) is 29.8 Å². The van der Waals surface area contributed by atoms with Crippen LogP contribution >= 0.6 is 23.1 Å². The highest BCUT2D eigenvalue weighted by Gasteiger charge is 2.38. The summed E-state index contributed by atoms with van der Waals surface area (Å²) in [5.74, 6) is 1.53. The summed E-state index contributed by atoms with van der Waals surface area (Å²) in [7, 11) is 2.57. The number of thiophene rings is 1. The average molecular weight is 815 g/mol. The van der Waals surface area contributed by atoms with Gasteiger partial charge in [0.25, 0.3) is 0 Å². The molecule has 1 saturated heterocycles. The molecule has 1 aromatic carbocycles. The second kappa shape index (κ2) is 18.3. The number of nitrogens with zero attached hydrogens (tertiary/aromatic N) is 4. The van der Waals surface area contributed by atoms with E-state index in [1.807, 2.05) is 57.0 Å². The van der Waals surface area contributed by atoms with Crippen LogP contribution in [-0.2, 0) is 24.8 Å². The van der Waals surface area contributed by atoms with Crippen molar-refractivity contribution in [1.82, 2.24) is 40.4 Å². The summed E-state index contributed by atoms with van der Waals surface area (Å²) in [5, 5.41) is 5.37. The number of benzene rings is 1. The molecular weight excluding hydrogens is 765 g/mol. The summed E-state index contributed by atoms with van der Waals surface area (Å²) in [4.78, 5) is 73.9. The van der Waals surface area contributed by atoms with E-state index in [0.717, 1.165) is 61.6 Å². The van der Waals surface area contributed by atoms with Gasteiger partial charge in [0.2, 0.25) is 11.8 Å². The average Bonchev–Trinajstić information content (AvgIpc) is 4.06. The number of aromatic nitrogens is 4. The molecule has 57 heavy (non-hydrogen) atoms. The van der Waals surface area contributed by atoms with Crippen molar-refractivity contribution < 1.29 is 28.7 Å². The van der Waals surface area contributed by atoms with Crippen molar-refractivity contribution in [3.05, 3.63) is 83.5 Å². The topological polar surface area (TPSA) is 175 Å². The van der Waals surface area contributed by atoms with Gasteiger partial charge >= 0.3 is 12.2 Å². The fourth-order valence-corrected chi connectivity index (χ4v) is 9.23. The summed E-state index contributed by atoms with van der Waals surface area (Å²) >= 11 is 3.36. The predicted molar refractivity (Wildman–Crippen MR) is 221 cm³/mol. The second-order valence-corrected chi connectivity index (χ2v) is 16.8. The van der Waals surface area contributed by atoms with Gasteiger partial charge in [0.15, 0.2) is 0 Å². The minimum Gasteiger partial charge on any atom is -0.453 e. The van der Waals surface area contributed by atoms with E-state index in [9.17, 15) is 19.2 Å². The van der Waals surface area contributed by atoms with Crippen molar-refractivity contribution in [1.29, 1.82) is 0 Å². The predicted octanol–water partition coefficient (Wildman–Crippen LogP) is 7.33. The molecule has 0 saturated carbocycles. The lowest BCUT2D eigenvalue weighted by atomic mass is 10.0. The van der Waals surface area contributed by atoms with Crippen LogP contribution in [0.1, 0.15) is 74.7 Å². The Kier molecular flexibility index (Phi) is 13.2. The van der Waals surface area contributed by atoms with Crippen LogP contribution in [0.5, 0.6) is 0 Å². The molecule has 0 bridgehead atoms. The zero-order valence-corrected chi connectivity index (χ0v) is 34.7. The number of hydrogen-bond donors (Lipinski definition) is 4. The van der Waals surface area contributed by atoms with Crippen LogP contribution in [0.2, 0.25) is 0 Å². The van der Waals surface area contributed by atoms with E-state index in [1.165, 1.54) is 14.2 Å². The number of carbonyl (C=O) groups excluding carboxylic acids is 4. The van der Waals surface area contributed by atoms with Gasteiger partial charge in [-0.15, -0.1) is 23.1 Å². The first kappa shape index (κ1) is 41.3. The first-order chi connectivity index (χ1) is 27.4. The molecule has 3 aromatic heterocycles. The fourth-order valence-electron chi connectivity index (χ4n) is 7.04. The van der Waals surface area contributed by atoms with Crippen LogP contribution < -0.4 is 10.6 Å². The molecule has 2 aliphatic heterocycles. The smallest absolute Gasteiger partial charge is 0.407 e. The van der Waals surface area contributed by atoms with Crippen LogP contribution in [0.4, 0.5) is 9.59 Å². The summed E-state index contributed by atoms with van der Waals surface area (Å²) in [6.45, 7) is 12.6. The summed E-state index contributed by atoms with van der Waals surface area (Å²) in [6.07, 6.45) is 9.69. The number of methoxy groups -OCH3 is 2. The maximum atomic E-state index is 13.6. The standard InChI is InChI=1S/C41H50N8O6S2/c1-8-31-33(19-32(57-31)28-21-43-37(45-28)30-12-10-18-49(30)39(51)35(24(4)5)47-41(53)55-7)56-22-25-13-15-26(16-14-25)27-20-42-36(44-27)29-11-9-17-48(29)38(50)34(23(2)3)46-40(52)54-6/h8-9,11,13-16,19-21,23-24,29-30,34-35H,1,10,12,17-18,22H2,2-7H3,(H,42,44)(H,43,45)(H,46,52)(H,47,53)/t29-,30-,34?,35-/m0/s1. The van der Waals surface area contributed by atoms with Crippen molar-refractivity contribution in [2.75, 3.05) is 27.3 Å². The molecule has 0 radical (unpaired) electrons. The van der Waals surface area contributed by atoms with E-state index < -0.39 is 24.3 Å². The number of ether oxygens (including phenoxy) is 2. The van der Waals surface area contributed by atoms with E-state index >= 15 is 0 Å². The van der Waals surface area contributed by atoms with Gasteiger partial charge in [-0.1, -0.05) is 76.8 Å². The minimum absolute atomic E-state index is 0.110. The highest BCUT2D eigenvalue weighted by Crippen LogP contribution is 2.40. The van der Waals surface area contributed by atoms with Crippen LogP contribution in [0.25, 0.3) is 27.9 Å². The lowest BCUT2D eigenvalue weighted by Gasteiger charge is -2.30. The summed E-state index contributed by atoms with van der Waals surface area (Å²) in [6, 6.07) is 8.44. The first-order valence-electron chi connectivity index (χ1n) is 19.0. The molecule has 302 valence electrons. The van der Waals surface area contributed by atoms with Crippen LogP contribution in [0, 0.1) is 11.8 Å². The lowest BCUT2D eigenvalue weighted by molar-refractivity contribution is -0.136. The Morgan fingerprint density at radius 2 is 1.54 bits per heavy atom. The molecule has 4 aromatic rings. The number of carbonyl (C=O) groups is 4. The Labute approximate surface area is 340 Å². The molecule has 4 amide bonds. The highest BCUT2D eigenvalue weighted by molar-refractivity contribution is 7.98. The summed E-state index contributed by atoms with van der Waals surface area (Å²) in [5.41, 5.74) is 3.83. The Morgan fingerprint density at radius 1 is 0.930 bits per heavy atom. The molecule has 1 unspecified atom stereocenters. The summed E-state index contributed by atoms with van der Waals surface area (Å²) < 4.78 is 9.51. The van der Waals surface area contributed by atoms with Crippen molar-refractivity contribution >= 4 is 53.2 Å². The number of rotatable bonds is 14. The van der Waals surface area contributed by atoms with E-state index in [-0.39, 0.29) is 35.7 Å². The van der Waals surface area contributed by atoms with Crippen molar-refractivity contribution in [2.24, 2.45) is 11.8 Å². The number of amides is 4. The fraction of sp³-hybridized carbons (Fsp3) is 0.415. The monoisotopic (exact) mass is 814 g/mol. The maximum Gasteiger partial charge on any atom is 0.407 e. The van der Waals surface area contributed by atoms with Gasteiger partial charge in [-0.25, -0.2) is 19.6 Å². The molecule has 6 rings (SSSR count). The Morgan fingerprint density at radius 3 is 2.18 bits per heavy atom. The second-order valence-electron chi connectivity index (χ2n) is 14.7. The van der Waals surface area contributed by atoms with Gasteiger partial charge in [-0.05, 0) is 41.9 Å². The first-order valence-corrected chi connectivity index (χ1v) is 20.8. The number of hydrogen-bond acceptors (Lipinski definition) is 10. The molecular formula is C41H50N8O6S2. The quantitative estimate of drug-likeness (QED) is 0.0751. The molecule has 16 heteroatoms. The van der Waals surface area contributed by atoms with Gasteiger partial charge in [-0.2, -0.15) is 0 Å². The number of alkyl carbamates (subject to hydrolysis) is 2. The third kappa shape index (κ3) is 9.28. The molecule has 4 N–H and O–H groups in total. The highest BCUT2D eigenvalue weighted by atomic mass is 32.2. The van der Waals surface area contributed by atoms with Gasteiger partial charge in [0, 0.05) is 28.6 Å². The van der Waals surface area contributed by atoms with Crippen molar-refractivity contribution in [3.8, 4) is 21.8 Å². The number of H-pyrrole nitrogens is 2. The molecule has 4 atom stereocenters. The van der Waals surface area contributed by atoms with E-state index in [0.29, 0.717) is 18.9 Å². The molecule has 0 spiro atoms. The van der Waals surface area contributed by atoms with Gasteiger partial charge in [-0.3, -0.25) is 9.59 Å². The number of aromatic amines is 2. The molecule has 5 heterocycles. The zero-order chi connectivity index (χ0) is 40.8. The van der Waals surface area contributed by atoms with Gasteiger partial charge in [0.05, 0.1) is 48.9 Å². The van der Waals surface area contributed by atoms with Crippen LogP contribution in [0.3, 0.4) is 0 Å². The Balaban J connectivity index is 1.09. The maximum absolute atomic E-state index is 13.6. The molecule has 0 aliphatic carbocycles. The van der Waals surface area contributed by atoms with Gasteiger partial charge < -0.3 is 39.9 Å². The number of nitrogens with one attached hydrogen (secondary N) is 4. The Hall–Kier alpha value is -5.35. The largest absolute Gasteiger partial charge is 0.453 e. The van der Waals surface area contributed by atoms with Crippen LogP contribution in [-0.4, -0.2) is 93.1 Å².